The SMILES string of the molecule is Cc1ccsc1CN(C)Cc1cccc(-c2nc(C(F)F)cc(=O)[nH]2)c1. The molecular formula is C19H19F2N3OS. The molecule has 0 atom stereocenters. The highest BCUT2D eigenvalue weighted by atomic mass is 32.1. The third kappa shape index (κ3) is 4.42. The molecule has 26 heavy (non-hydrogen) atoms. The molecule has 3 aromatic rings. The van der Waals surface area contributed by atoms with E-state index in [1.165, 1.54) is 10.4 Å². The van der Waals surface area contributed by atoms with Crippen molar-refractivity contribution in [3.05, 3.63) is 73.8 Å². The lowest BCUT2D eigenvalue weighted by molar-refractivity contribution is 0.146. The van der Waals surface area contributed by atoms with Gasteiger partial charge in [0, 0.05) is 29.6 Å². The van der Waals surface area contributed by atoms with Crippen LogP contribution in [0.2, 0.25) is 0 Å². The van der Waals surface area contributed by atoms with E-state index in [2.05, 4.69) is 33.2 Å². The maximum Gasteiger partial charge on any atom is 0.280 e. The molecule has 2 aromatic heterocycles. The largest absolute Gasteiger partial charge is 0.307 e. The van der Waals surface area contributed by atoms with Gasteiger partial charge in [-0.05, 0) is 42.6 Å². The minimum atomic E-state index is -2.78. The van der Waals surface area contributed by atoms with Crippen molar-refractivity contribution in [2.75, 3.05) is 7.05 Å². The number of hydrogen-bond acceptors (Lipinski definition) is 4. The van der Waals surface area contributed by atoms with Gasteiger partial charge in [0.1, 0.15) is 11.5 Å². The van der Waals surface area contributed by atoms with Gasteiger partial charge in [0.2, 0.25) is 0 Å². The number of rotatable bonds is 6. The highest BCUT2D eigenvalue weighted by Gasteiger charge is 2.13. The lowest BCUT2D eigenvalue weighted by atomic mass is 10.1. The van der Waals surface area contributed by atoms with Crippen molar-refractivity contribution >= 4 is 11.3 Å². The summed E-state index contributed by atoms with van der Waals surface area (Å²) in [5.74, 6) is 0.159. The molecule has 0 aliphatic heterocycles. The zero-order valence-corrected chi connectivity index (χ0v) is 15.3. The van der Waals surface area contributed by atoms with Crippen LogP contribution in [-0.4, -0.2) is 21.9 Å². The van der Waals surface area contributed by atoms with E-state index < -0.39 is 17.7 Å². The van der Waals surface area contributed by atoms with Gasteiger partial charge in [-0.3, -0.25) is 9.69 Å². The van der Waals surface area contributed by atoms with Crippen molar-refractivity contribution in [2.24, 2.45) is 0 Å². The minimum absolute atomic E-state index is 0.159. The molecule has 0 bridgehead atoms. The Balaban J connectivity index is 1.80. The van der Waals surface area contributed by atoms with Crippen LogP contribution in [0.15, 0.2) is 46.6 Å². The summed E-state index contributed by atoms with van der Waals surface area (Å²) in [5.41, 5.74) is 1.81. The molecule has 4 nitrogen and oxygen atoms in total. The first-order valence-electron chi connectivity index (χ1n) is 8.12. The Labute approximate surface area is 154 Å². The van der Waals surface area contributed by atoms with Gasteiger partial charge in [0.25, 0.3) is 12.0 Å². The van der Waals surface area contributed by atoms with E-state index >= 15 is 0 Å². The lowest BCUT2D eigenvalue weighted by Gasteiger charge is -2.17. The molecule has 0 fully saturated rings. The van der Waals surface area contributed by atoms with Crippen LogP contribution in [0.3, 0.4) is 0 Å². The molecule has 0 spiro atoms. The van der Waals surface area contributed by atoms with Crippen molar-refractivity contribution in [2.45, 2.75) is 26.4 Å². The molecule has 0 saturated heterocycles. The van der Waals surface area contributed by atoms with Gasteiger partial charge in [0.05, 0.1) is 0 Å². The molecule has 7 heteroatoms. The maximum atomic E-state index is 12.9. The molecule has 0 saturated carbocycles. The first-order valence-corrected chi connectivity index (χ1v) is 9.00. The predicted molar refractivity (Wildman–Crippen MR) is 99.5 cm³/mol. The third-order valence-electron chi connectivity index (χ3n) is 4.02. The van der Waals surface area contributed by atoms with E-state index in [1.807, 2.05) is 25.2 Å². The molecule has 2 heterocycles. The van der Waals surface area contributed by atoms with Crippen molar-refractivity contribution in [3.8, 4) is 11.4 Å². The predicted octanol–water partition coefficient (Wildman–Crippen LogP) is 4.38. The number of nitrogens with one attached hydrogen (secondary N) is 1. The van der Waals surface area contributed by atoms with E-state index in [1.54, 1.807) is 17.4 Å². The molecule has 1 aromatic carbocycles. The number of H-pyrrole nitrogens is 1. The zero-order chi connectivity index (χ0) is 18.7. The molecule has 1 N–H and O–H groups in total. The number of nitrogens with zero attached hydrogens (tertiary/aromatic N) is 2. The van der Waals surface area contributed by atoms with E-state index in [-0.39, 0.29) is 5.82 Å². The summed E-state index contributed by atoms with van der Waals surface area (Å²) in [6.45, 7) is 3.63. The monoisotopic (exact) mass is 375 g/mol. The van der Waals surface area contributed by atoms with Crippen LogP contribution in [0.25, 0.3) is 11.4 Å². The van der Waals surface area contributed by atoms with E-state index in [0.717, 1.165) is 18.2 Å². The Morgan fingerprint density at radius 2 is 2.04 bits per heavy atom. The number of aromatic nitrogens is 2. The van der Waals surface area contributed by atoms with Crippen molar-refractivity contribution in [1.29, 1.82) is 0 Å². The molecular weight excluding hydrogens is 356 g/mol. The fourth-order valence-corrected chi connectivity index (χ4v) is 3.71. The zero-order valence-electron chi connectivity index (χ0n) is 14.5. The normalized spacial score (nSPS) is 11.5. The topological polar surface area (TPSA) is 49.0 Å². The quantitative estimate of drug-likeness (QED) is 0.696. The second kappa shape index (κ2) is 7.88. The maximum absolute atomic E-state index is 12.9. The van der Waals surface area contributed by atoms with Gasteiger partial charge in [-0.2, -0.15) is 0 Å². The van der Waals surface area contributed by atoms with E-state index in [0.29, 0.717) is 12.1 Å². The van der Waals surface area contributed by atoms with Crippen molar-refractivity contribution < 1.29 is 8.78 Å². The summed E-state index contributed by atoms with van der Waals surface area (Å²) in [6.07, 6.45) is -2.78. The fourth-order valence-electron chi connectivity index (χ4n) is 2.72. The number of hydrogen-bond donors (Lipinski definition) is 1. The molecule has 136 valence electrons. The van der Waals surface area contributed by atoms with Gasteiger partial charge >= 0.3 is 0 Å². The average Bonchev–Trinajstić information content (AvgIpc) is 2.99. The number of benzene rings is 1. The summed E-state index contributed by atoms with van der Waals surface area (Å²) in [6, 6.07) is 10.4. The van der Waals surface area contributed by atoms with Crippen LogP contribution >= 0.6 is 11.3 Å². The van der Waals surface area contributed by atoms with Crippen LogP contribution in [-0.2, 0) is 13.1 Å². The molecule has 0 amide bonds. The summed E-state index contributed by atoms with van der Waals surface area (Å²) >= 11 is 1.73. The Morgan fingerprint density at radius 1 is 1.23 bits per heavy atom. The molecule has 3 rings (SSSR count). The van der Waals surface area contributed by atoms with Gasteiger partial charge in [-0.15, -0.1) is 11.3 Å². The lowest BCUT2D eigenvalue weighted by Crippen LogP contribution is -2.17. The number of halogens is 2. The first kappa shape index (κ1) is 18.4. The number of aryl methyl sites for hydroxylation is 1. The Bertz CT molecular complexity index is 952. The Kier molecular flexibility index (Phi) is 5.58. The molecule has 0 aliphatic rings. The smallest absolute Gasteiger partial charge is 0.280 e. The Morgan fingerprint density at radius 3 is 2.73 bits per heavy atom. The van der Waals surface area contributed by atoms with Crippen LogP contribution < -0.4 is 5.56 Å². The summed E-state index contributed by atoms with van der Waals surface area (Å²) < 4.78 is 25.8. The van der Waals surface area contributed by atoms with Gasteiger partial charge in [0.15, 0.2) is 0 Å². The van der Waals surface area contributed by atoms with Crippen molar-refractivity contribution in [3.63, 3.8) is 0 Å². The summed E-state index contributed by atoms with van der Waals surface area (Å²) in [7, 11) is 2.03. The number of alkyl halides is 2. The van der Waals surface area contributed by atoms with Crippen molar-refractivity contribution in [1.82, 2.24) is 14.9 Å². The second-order valence-electron chi connectivity index (χ2n) is 6.22. The van der Waals surface area contributed by atoms with Gasteiger partial charge < -0.3 is 4.98 Å². The summed E-state index contributed by atoms with van der Waals surface area (Å²) in [5, 5.41) is 2.08. The first-order chi connectivity index (χ1) is 12.4. The molecule has 0 aliphatic carbocycles. The number of aromatic amines is 1. The highest BCUT2D eigenvalue weighted by molar-refractivity contribution is 7.10. The van der Waals surface area contributed by atoms with E-state index in [9.17, 15) is 13.6 Å². The number of thiophene rings is 1. The second-order valence-corrected chi connectivity index (χ2v) is 7.22. The molecule has 0 unspecified atom stereocenters. The molecule has 0 radical (unpaired) electrons. The van der Waals surface area contributed by atoms with Crippen LogP contribution in [0, 0.1) is 6.92 Å². The average molecular weight is 375 g/mol. The van der Waals surface area contributed by atoms with Crippen LogP contribution in [0.1, 0.15) is 28.1 Å². The third-order valence-corrected chi connectivity index (χ3v) is 5.03. The fraction of sp³-hybridized carbons (Fsp3) is 0.263. The van der Waals surface area contributed by atoms with Gasteiger partial charge in [-0.25, -0.2) is 13.8 Å². The van der Waals surface area contributed by atoms with Crippen LogP contribution in [0.5, 0.6) is 0 Å². The van der Waals surface area contributed by atoms with Crippen LogP contribution in [0.4, 0.5) is 8.78 Å². The highest BCUT2D eigenvalue weighted by Crippen LogP contribution is 2.22. The standard InChI is InChI=1S/C19H19F2N3OS/c1-12-6-7-26-16(12)11-24(2)10-13-4-3-5-14(8-13)19-22-15(18(20)21)9-17(25)23-19/h3-9,18H,10-11H2,1-2H3,(H,22,23,25). The Hall–Kier alpha value is -2.38. The minimum Gasteiger partial charge on any atom is -0.307 e. The summed E-state index contributed by atoms with van der Waals surface area (Å²) in [4.78, 5) is 21.5. The van der Waals surface area contributed by atoms with E-state index in [4.69, 9.17) is 0 Å². The van der Waals surface area contributed by atoms with Gasteiger partial charge in [-0.1, -0.05) is 18.2 Å².